The molecule has 3 heteroatoms. The van der Waals surface area contributed by atoms with Crippen LogP contribution in [0.1, 0.15) is 0 Å². The summed E-state index contributed by atoms with van der Waals surface area (Å²) in [6.45, 7) is 0. The van der Waals surface area contributed by atoms with Gasteiger partial charge in [-0.25, -0.2) is 4.98 Å². The average Bonchev–Trinajstić information content (AvgIpc) is 3.00. The number of H-pyrrole nitrogens is 1. The molecule has 0 aliphatic rings. The van der Waals surface area contributed by atoms with Gasteiger partial charge in [0, 0.05) is 11.4 Å². The van der Waals surface area contributed by atoms with Crippen molar-refractivity contribution in [1.29, 1.82) is 0 Å². The van der Waals surface area contributed by atoms with Gasteiger partial charge in [-0.3, -0.25) is 4.90 Å². The molecule has 0 spiro atoms. The topological polar surface area (TPSA) is 31.9 Å². The molecule has 0 amide bonds. The Bertz CT molecular complexity index is 810. The third-order valence-electron chi connectivity index (χ3n) is 3.62. The number of anilines is 3. The fourth-order valence-corrected chi connectivity index (χ4v) is 2.59. The summed E-state index contributed by atoms with van der Waals surface area (Å²) in [6.07, 6.45) is 0. The predicted molar refractivity (Wildman–Crippen MR) is 90.8 cm³/mol. The van der Waals surface area contributed by atoms with Crippen molar-refractivity contribution in [3.8, 4) is 0 Å². The number of aromatic amines is 1. The van der Waals surface area contributed by atoms with E-state index in [1.165, 1.54) is 0 Å². The third kappa shape index (κ3) is 2.23. The van der Waals surface area contributed by atoms with E-state index in [0.29, 0.717) is 0 Å². The van der Waals surface area contributed by atoms with Crippen molar-refractivity contribution in [2.45, 2.75) is 0 Å². The standard InChI is InChI=1S/C19H15N3/c1-3-9-15(10-4-1)22(16-11-5-2-6-12-16)19-20-17-13-7-8-14-18(17)21-19/h1-14H,(H,20,21). The number of para-hydroxylation sites is 4. The van der Waals surface area contributed by atoms with Gasteiger partial charge >= 0.3 is 0 Å². The van der Waals surface area contributed by atoms with E-state index < -0.39 is 0 Å². The summed E-state index contributed by atoms with van der Waals surface area (Å²) >= 11 is 0. The van der Waals surface area contributed by atoms with Crippen LogP contribution in [0, 0.1) is 0 Å². The van der Waals surface area contributed by atoms with Gasteiger partial charge < -0.3 is 4.98 Å². The SMILES string of the molecule is c1ccc(N(c2ccccc2)c2nc3ccccc3[nH]2)cc1. The lowest BCUT2D eigenvalue weighted by Crippen LogP contribution is -2.11. The number of fused-ring (bicyclic) bond motifs is 1. The number of nitrogens with zero attached hydrogens (tertiary/aromatic N) is 2. The Hall–Kier alpha value is -3.07. The molecular weight excluding hydrogens is 270 g/mol. The first kappa shape index (κ1) is 12.7. The highest BCUT2D eigenvalue weighted by Crippen LogP contribution is 2.33. The number of imidazole rings is 1. The summed E-state index contributed by atoms with van der Waals surface area (Å²) in [6, 6.07) is 28.6. The first-order valence-electron chi connectivity index (χ1n) is 7.27. The molecule has 106 valence electrons. The highest BCUT2D eigenvalue weighted by Gasteiger charge is 2.15. The molecule has 1 heterocycles. The Balaban J connectivity index is 1.90. The monoisotopic (exact) mass is 285 g/mol. The van der Waals surface area contributed by atoms with Crippen molar-refractivity contribution < 1.29 is 0 Å². The molecule has 0 aliphatic heterocycles. The van der Waals surface area contributed by atoms with Crippen LogP contribution in [0.4, 0.5) is 17.3 Å². The maximum Gasteiger partial charge on any atom is 0.213 e. The number of rotatable bonds is 3. The number of hydrogen-bond acceptors (Lipinski definition) is 2. The maximum absolute atomic E-state index is 4.74. The lowest BCUT2D eigenvalue weighted by molar-refractivity contribution is 1.16. The summed E-state index contributed by atoms with van der Waals surface area (Å²) in [4.78, 5) is 10.3. The molecule has 4 rings (SSSR count). The van der Waals surface area contributed by atoms with E-state index in [2.05, 4.69) is 34.1 Å². The zero-order chi connectivity index (χ0) is 14.8. The molecule has 4 aromatic rings. The van der Waals surface area contributed by atoms with Crippen LogP contribution in [0.5, 0.6) is 0 Å². The fraction of sp³-hybridized carbons (Fsp3) is 0. The van der Waals surface area contributed by atoms with Crippen LogP contribution in [-0.2, 0) is 0 Å². The lowest BCUT2D eigenvalue weighted by Gasteiger charge is -2.22. The van der Waals surface area contributed by atoms with Crippen LogP contribution < -0.4 is 4.90 Å². The number of hydrogen-bond donors (Lipinski definition) is 1. The van der Waals surface area contributed by atoms with E-state index in [-0.39, 0.29) is 0 Å². The molecule has 1 N–H and O–H groups in total. The molecular formula is C19H15N3. The first-order chi connectivity index (χ1) is 10.9. The van der Waals surface area contributed by atoms with Gasteiger partial charge in [-0.2, -0.15) is 0 Å². The minimum Gasteiger partial charge on any atom is -0.323 e. The molecule has 0 atom stereocenters. The Morgan fingerprint density at radius 1 is 0.636 bits per heavy atom. The molecule has 0 radical (unpaired) electrons. The Kier molecular flexibility index (Phi) is 3.09. The quantitative estimate of drug-likeness (QED) is 0.572. The van der Waals surface area contributed by atoms with Gasteiger partial charge in [0.05, 0.1) is 11.0 Å². The molecule has 0 fully saturated rings. The summed E-state index contributed by atoms with van der Waals surface area (Å²) < 4.78 is 0. The molecule has 22 heavy (non-hydrogen) atoms. The van der Waals surface area contributed by atoms with E-state index in [1.807, 2.05) is 60.7 Å². The van der Waals surface area contributed by atoms with E-state index in [4.69, 9.17) is 4.98 Å². The van der Waals surface area contributed by atoms with Gasteiger partial charge in [0.25, 0.3) is 0 Å². The first-order valence-corrected chi connectivity index (χ1v) is 7.27. The molecule has 0 aliphatic carbocycles. The zero-order valence-electron chi connectivity index (χ0n) is 12.0. The minimum atomic E-state index is 0.818. The van der Waals surface area contributed by atoms with Crippen LogP contribution in [0.15, 0.2) is 84.9 Å². The van der Waals surface area contributed by atoms with Crippen LogP contribution in [0.25, 0.3) is 11.0 Å². The van der Waals surface area contributed by atoms with Gasteiger partial charge in [0.15, 0.2) is 0 Å². The second-order valence-electron chi connectivity index (χ2n) is 5.08. The van der Waals surface area contributed by atoms with Crippen LogP contribution >= 0.6 is 0 Å². The highest BCUT2D eigenvalue weighted by atomic mass is 15.3. The van der Waals surface area contributed by atoms with Gasteiger partial charge in [-0.15, -0.1) is 0 Å². The predicted octanol–water partition coefficient (Wildman–Crippen LogP) is 5.03. The van der Waals surface area contributed by atoms with Crippen LogP contribution in [-0.4, -0.2) is 9.97 Å². The maximum atomic E-state index is 4.74. The summed E-state index contributed by atoms with van der Waals surface area (Å²) in [7, 11) is 0. The van der Waals surface area contributed by atoms with Crippen molar-refractivity contribution in [3.63, 3.8) is 0 Å². The van der Waals surface area contributed by atoms with Crippen molar-refractivity contribution in [2.24, 2.45) is 0 Å². The van der Waals surface area contributed by atoms with E-state index in [1.54, 1.807) is 0 Å². The Labute approximate surface area is 128 Å². The molecule has 0 bridgehead atoms. The van der Waals surface area contributed by atoms with Crippen molar-refractivity contribution in [2.75, 3.05) is 4.90 Å². The van der Waals surface area contributed by atoms with Crippen molar-refractivity contribution >= 4 is 28.4 Å². The smallest absolute Gasteiger partial charge is 0.213 e. The lowest BCUT2D eigenvalue weighted by atomic mass is 10.2. The zero-order valence-corrected chi connectivity index (χ0v) is 12.0. The number of nitrogens with one attached hydrogen (secondary N) is 1. The largest absolute Gasteiger partial charge is 0.323 e. The van der Waals surface area contributed by atoms with Gasteiger partial charge in [0.2, 0.25) is 5.95 Å². The van der Waals surface area contributed by atoms with Crippen molar-refractivity contribution in [1.82, 2.24) is 9.97 Å². The van der Waals surface area contributed by atoms with Crippen LogP contribution in [0.3, 0.4) is 0 Å². The molecule has 1 aromatic heterocycles. The Morgan fingerprint density at radius 3 is 1.77 bits per heavy atom. The Morgan fingerprint density at radius 2 is 1.18 bits per heavy atom. The van der Waals surface area contributed by atoms with E-state index in [0.717, 1.165) is 28.4 Å². The highest BCUT2D eigenvalue weighted by molar-refractivity contribution is 5.82. The van der Waals surface area contributed by atoms with Crippen molar-refractivity contribution in [3.05, 3.63) is 84.9 Å². The van der Waals surface area contributed by atoms with Gasteiger partial charge in [0.1, 0.15) is 0 Å². The summed E-state index contributed by atoms with van der Waals surface area (Å²) in [5.74, 6) is 0.818. The fourth-order valence-electron chi connectivity index (χ4n) is 2.59. The molecule has 3 aromatic carbocycles. The molecule has 0 saturated carbocycles. The third-order valence-corrected chi connectivity index (χ3v) is 3.62. The second kappa shape index (κ2) is 5.37. The summed E-state index contributed by atoms with van der Waals surface area (Å²) in [5.41, 5.74) is 4.16. The molecule has 0 saturated heterocycles. The van der Waals surface area contributed by atoms with E-state index in [9.17, 15) is 0 Å². The van der Waals surface area contributed by atoms with Crippen LogP contribution in [0.2, 0.25) is 0 Å². The molecule has 3 nitrogen and oxygen atoms in total. The van der Waals surface area contributed by atoms with Gasteiger partial charge in [-0.05, 0) is 36.4 Å². The minimum absolute atomic E-state index is 0.818. The normalized spacial score (nSPS) is 10.7. The van der Waals surface area contributed by atoms with E-state index >= 15 is 0 Å². The second-order valence-corrected chi connectivity index (χ2v) is 5.08. The number of benzene rings is 3. The number of aromatic nitrogens is 2. The summed E-state index contributed by atoms with van der Waals surface area (Å²) in [5, 5.41) is 0. The van der Waals surface area contributed by atoms with Gasteiger partial charge in [-0.1, -0.05) is 48.5 Å². The molecule has 0 unspecified atom stereocenters. The average molecular weight is 285 g/mol.